The Morgan fingerprint density at radius 2 is 1.84 bits per heavy atom. The first-order valence-corrected chi connectivity index (χ1v) is 7.56. The lowest BCUT2D eigenvalue weighted by molar-refractivity contribution is 0.578. The van der Waals surface area contributed by atoms with E-state index >= 15 is 0 Å². The first kappa shape index (κ1) is 14.1. The molecule has 0 amide bonds. The fraction of sp³-hybridized carbons (Fsp3) is 0.529. The molecule has 1 saturated heterocycles. The molecule has 0 aliphatic carbocycles. The summed E-state index contributed by atoms with van der Waals surface area (Å²) in [7, 11) is 0. The summed E-state index contributed by atoms with van der Waals surface area (Å²) < 4.78 is 0. The first-order chi connectivity index (χ1) is 9.40. The summed E-state index contributed by atoms with van der Waals surface area (Å²) >= 11 is 0. The molecule has 0 atom stereocenters. The Morgan fingerprint density at radius 3 is 2.53 bits per heavy atom. The minimum absolute atomic E-state index is 0.970. The normalized spacial score (nSPS) is 16.2. The van der Waals surface area contributed by atoms with Crippen LogP contribution in [0.2, 0.25) is 0 Å². The number of piperidine rings is 1. The fourth-order valence-corrected chi connectivity index (χ4v) is 2.56. The second-order valence-corrected chi connectivity index (χ2v) is 5.25. The molecule has 1 aromatic carbocycles. The Hall–Kier alpha value is -1.28. The van der Waals surface area contributed by atoms with Crippen LogP contribution in [0.3, 0.4) is 0 Å². The summed E-state index contributed by atoms with van der Waals surface area (Å²) in [5, 5.41) is 3.47. The molecule has 1 N–H and O–H groups in total. The number of benzene rings is 1. The first-order valence-electron chi connectivity index (χ1n) is 7.56. The molecular weight excluding hydrogens is 232 g/mol. The van der Waals surface area contributed by atoms with Gasteiger partial charge in [-0.1, -0.05) is 24.3 Å². The zero-order valence-corrected chi connectivity index (χ0v) is 12.1. The summed E-state index contributed by atoms with van der Waals surface area (Å²) in [5.41, 5.74) is 2.76. The van der Waals surface area contributed by atoms with Crippen molar-refractivity contribution >= 4 is 5.69 Å². The maximum Gasteiger partial charge on any atom is 0.0366 e. The summed E-state index contributed by atoms with van der Waals surface area (Å²) in [6, 6.07) is 9.06. The molecule has 0 saturated carbocycles. The molecule has 1 aliphatic rings. The second-order valence-electron chi connectivity index (χ2n) is 5.25. The maximum atomic E-state index is 3.47. The van der Waals surface area contributed by atoms with Crippen LogP contribution in [0, 0.1) is 0 Å². The van der Waals surface area contributed by atoms with E-state index in [0.717, 1.165) is 19.5 Å². The molecule has 2 heteroatoms. The molecule has 0 spiro atoms. The highest BCUT2D eigenvalue weighted by atomic mass is 15.1. The van der Waals surface area contributed by atoms with E-state index < -0.39 is 0 Å². The maximum absolute atomic E-state index is 3.47. The Kier molecular flexibility index (Phi) is 5.96. The third kappa shape index (κ3) is 4.71. The molecule has 0 unspecified atom stereocenters. The van der Waals surface area contributed by atoms with E-state index in [-0.39, 0.29) is 0 Å². The van der Waals surface area contributed by atoms with Gasteiger partial charge in [0, 0.05) is 25.3 Å². The van der Waals surface area contributed by atoms with Crippen LogP contribution in [0.4, 0.5) is 5.69 Å². The van der Waals surface area contributed by atoms with Gasteiger partial charge in [0.15, 0.2) is 0 Å². The van der Waals surface area contributed by atoms with Crippen LogP contribution in [0.5, 0.6) is 0 Å². The molecule has 1 fully saturated rings. The van der Waals surface area contributed by atoms with Crippen molar-refractivity contribution in [3.05, 3.63) is 42.0 Å². The topological polar surface area (TPSA) is 15.3 Å². The number of anilines is 1. The molecule has 1 aliphatic heterocycles. The Balaban J connectivity index is 1.77. The average Bonchev–Trinajstić information content (AvgIpc) is 2.49. The lowest BCUT2D eigenvalue weighted by Crippen LogP contribution is -2.29. The van der Waals surface area contributed by atoms with Gasteiger partial charge in [-0.2, -0.15) is 0 Å². The van der Waals surface area contributed by atoms with E-state index in [1.54, 1.807) is 0 Å². The van der Waals surface area contributed by atoms with Gasteiger partial charge in [-0.25, -0.2) is 0 Å². The lowest BCUT2D eigenvalue weighted by Gasteiger charge is -2.28. The predicted molar refractivity (Wildman–Crippen MR) is 83.6 cm³/mol. The van der Waals surface area contributed by atoms with Crippen LogP contribution in [-0.4, -0.2) is 19.6 Å². The number of nitrogens with one attached hydrogen (secondary N) is 1. The Morgan fingerprint density at radius 1 is 1.11 bits per heavy atom. The van der Waals surface area contributed by atoms with Crippen molar-refractivity contribution in [3.63, 3.8) is 0 Å². The van der Waals surface area contributed by atoms with Gasteiger partial charge in [0.05, 0.1) is 0 Å². The summed E-state index contributed by atoms with van der Waals surface area (Å²) in [4.78, 5) is 2.51. The van der Waals surface area contributed by atoms with Gasteiger partial charge in [-0.05, 0) is 56.8 Å². The highest BCUT2D eigenvalue weighted by Gasteiger charge is 2.10. The highest BCUT2D eigenvalue weighted by Crippen LogP contribution is 2.20. The number of nitrogens with zero attached hydrogens (tertiary/aromatic N) is 1. The van der Waals surface area contributed by atoms with Crippen molar-refractivity contribution in [2.24, 2.45) is 0 Å². The van der Waals surface area contributed by atoms with Crippen LogP contribution in [0.25, 0.3) is 0 Å². The molecular formula is C17H26N2. The van der Waals surface area contributed by atoms with E-state index in [2.05, 4.69) is 53.6 Å². The third-order valence-electron chi connectivity index (χ3n) is 3.71. The Labute approximate surface area is 117 Å². The van der Waals surface area contributed by atoms with Gasteiger partial charge in [0.1, 0.15) is 0 Å². The number of hydrogen-bond donors (Lipinski definition) is 1. The molecule has 0 radical (unpaired) electrons. The van der Waals surface area contributed by atoms with Crippen LogP contribution in [-0.2, 0) is 6.54 Å². The standard InChI is InChI=1S/C17H26N2/c1-2-3-5-12-18-15-16-8-10-17(11-9-16)19-13-6-4-7-14-19/h2-3,8-11,18H,4-7,12-15H2,1H3/b3-2+. The van der Waals surface area contributed by atoms with E-state index in [1.165, 1.54) is 43.6 Å². The number of allylic oxidation sites excluding steroid dienone is 1. The lowest BCUT2D eigenvalue weighted by atomic mass is 10.1. The van der Waals surface area contributed by atoms with Crippen molar-refractivity contribution in [3.8, 4) is 0 Å². The largest absolute Gasteiger partial charge is 0.372 e. The van der Waals surface area contributed by atoms with E-state index in [4.69, 9.17) is 0 Å². The van der Waals surface area contributed by atoms with Crippen molar-refractivity contribution < 1.29 is 0 Å². The number of hydrogen-bond acceptors (Lipinski definition) is 2. The van der Waals surface area contributed by atoms with Crippen LogP contribution in [0.15, 0.2) is 36.4 Å². The summed E-state index contributed by atoms with van der Waals surface area (Å²) in [6.45, 7) is 6.54. The summed E-state index contributed by atoms with van der Waals surface area (Å²) in [5.74, 6) is 0. The van der Waals surface area contributed by atoms with Crippen LogP contribution >= 0.6 is 0 Å². The van der Waals surface area contributed by atoms with E-state index in [9.17, 15) is 0 Å². The summed E-state index contributed by atoms with van der Waals surface area (Å²) in [6.07, 6.45) is 9.50. The van der Waals surface area contributed by atoms with Gasteiger partial charge in [0.25, 0.3) is 0 Å². The smallest absolute Gasteiger partial charge is 0.0366 e. The van der Waals surface area contributed by atoms with Crippen molar-refractivity contribution in [2.45, 2.75) is 39.2 Å². The van der Waals surface area contributed by atoms with E-state index in [0.29, 0.717) is 0 Å². The van der Waals surface area contributed by atoms with Crippen LogP contribution < -0.4 is 10.2 Å². The number of rotatable bonds is 6. The van der Waals surface area contributed by atoms with Gasteiger partial charge in [0.2, 0.25) is 0 Å². The molecule has 0 bridgehead atoms. The average molecular weight is 258 g/mol. The van der Waals surface area contributed by atoms with Crippen LogP contribution in [0.1, 0.15) is 38.2 Å². The monoisotopic (exact) mass is 258 g/mol. The minimum Gasteiger partial charge on any atom is -0.372 e. The van der Waals surface area contributed by atoms with Crippen molar-refractivity contribution in [2.75, 3.05) is 24.5 Å². The Bertz CT molecular complexity index is 375. The molecule has 1 heterocycles. The quantitative estimate of drug-likeness (QED) is 0.618. The molecule has 2 rings (SSSR count). The van der Waals surface area contributed by atoms with Crippen molar-refractivity contribution in [1.29, 1.82) is 0 Å². The highest BCUT2D eigenvalue weighted by molar-refractivity contribution is 5.47. The SMILES string of the molecule is C/C=C/CCNCc1ccc(N2CCCCC2)cc1. The van der Waals surface area contributed by atoms with Gasteiger partial charge >= 0.3 is 0 Å². The fourth-order valence-electron chi connectivity index (χ4n) is 2.56. The van der Waals surface area contributed by atoms with Gasteiger partial charge < -0.3 is 10.2 Å². The van der Waals surface area contributed by atoms with E-state index in [1.807, 2.05) is 0 Å². The zero-order valence-electron chi connectivity index (χ0n) is 12.1. The zero-order chi connectivity index (χ0) is 13.3. The molecule has 1 aromatic rings. The second kappa shape index (κ2) is 8.00. The molecule has 2 nitrogen and oxygen atoms in total. The molecule has 0 aromatic heterocycles. The predicted octanol–water partition coefficient (Wildman–Crippen LogP) is 3.73. The molecule has 19 heavy (non-hydrogen) atoms. The minimum atomic E-state index is 0.970. The van der Waals surface area contributed by atoms with Crippen molar-refractivity contribution in [1.82, 2.24) is 5.32 Å². The van der Waals surface area contributed by atoms with Gasteiger partial charge in [-0.15, -0.1) is 0 Å². The third-order valence-corrected chi connectivity index (χ3v) is 3.71. The van der Waals surface area contributed by atoms with Gasteiger partial charge in [-0.3, -0.25) is 0 Å². The molecule has 104 valence electrons.